The van der Waals surface area contributed by atoms with Crippen molar-refractivity contribution in [1.29, 1.82) is 0 Å². The van der Waals surface area contributed by atoms with Gasteiger partial charge in [-0.15, -0.1) is 0 Å². The molecule has 0 unspecified atom stereocenters. The van der Waals surface area contributed by atoms with Crippen LogP contribution < -0.4 is 10.1 Å². The number of pyridine rings is 1. The number of nitrogens with one attached hydrogen (secondary N) is 1. The molecule has 0 fully saturated rings. The standard InChI is InChI=1S/C21H28N2O2/c1-6-8-12-25-18-13-15(4)22-16(5)19(18)21(24)23-20-14(3)10-9-11-17(20)7-2/h9-11,13H,6-8,12H2,1-5H3,(H,23,24). The normalized spacial score (nSPS) is 10.6. The second kappa shape index (κ2) is 8.65. The Balaban J connectivity index is 2.36. The number of unbranched alkanes of at least 4 members (excludes halogenated alkanes) is 1. The summed E-state index contributed by atoms with van der Waals surface area (Å²) in [6, 6.07) is 7.91. The van der Waals surface area contributed by atoms with E-state index in [4.69, 9.17) is 4.74 Å². The lowest BCUT2D eigenvalue weighted by Gasteiger charge is -2.17. The number of hydrogen-bond donors (Lipinski definition) is 1. The Morgan fingerprint density at radius 3 is 2.64 bits per heavy atom. The van der Waals surface area contributed by atoms with Gasteiger partial charge in [-0.3, -0.25) is 9.78 Å². The molecule has 134 valence electrons. The first kappa shape index (κ1) is 19.0. The van der Waals surface area contributed by atoms with Crippen molar-refractivity contribution in [3.63, 3.8) is 0 Å². The summed E-state index contributed by atoms with van der Waals surface area (Å²) in [4.78, 5) is 17.4. The van der Waals surface area contributed by atoms with E-state index < -0.39 is 0 Å². The third-order valence-corrected chi connectivity index (χ3v) is 4.25. The highest BCUT2D eigenvalue weighted by molar-refractivity contribution is 6.07. The van der Waals surface area contributed by atoms with Gasteiger partial charge in [0.15, 0.2) is 0 Å². The van der Waals surface area contributed by atoms with Crippen molar-refractivity contribution in [2.75, 3.05) is 11.9 Å². The number of benzene rings is 1. The largest absolute Gasteiger partial charge is 0.493 e. The number of aryl methyl sites for hydroxylation is 4. The van der Waals surface area contributed by atoms with Gasteiger partial charge in [0.2, 0.25) is 0 Å². The smallest absolute Gasteiger partial charge is 0.261 e. The fourth-order valence-electron chi connectivity index (χ4n) is 2.89. The minimum atomic E-state index is -0.166. The van der Waals surface area contributed by atoms with Gasteiger partial charge < -0.3 is 10.1 Å². The maximum atomic E-state index is 13.0. The van der Waals surface area contributed by atoms with Gasteiger partial charge in [-0.1, -0.05) is 38.5 Å². The molecule has 0 saturated heterocycles. The highest BCUT2D eigenvalue weighted by atomic mass is 16.5. The van der Waals surface area contributed by atoms with Crippen molar-refractivity contribution in [3.8, 4) is 5.75 Å². The van der Waals surface area contributed by atoms with Crippen LogP contribution in [-0.2, 0) is 6.42 Å². The quantitative estimate of drug-likeness (QED) is 0.722. The molecular formula is C21H28N2O2. The van der Waals surface area contributed by atoms with Gasteiger partial charge in [0.25, 0.3) is 5.91 Å². The van der Waals surface area contributed by atoms with Gasteiger partial charge >= 0.3 is 0 Å². The van der Waals surface area contributed by atoms with Crippen molar-refractivity contribution in [1.82, 2.24) is 4.98 Å². The maximum absolute atomic E-state index is 13.0. The average Bonchev–Trinajstić information content (AvgIpc) is 2.56. The van der Waals surface area contributed by atoms with Crippen LogP contribution >= 0.6 is 0 Å². The monoisotopic (exact) mass is 340 g/mol. The molecule has 2 rings (SSSR count). The lowest BCUT2D eigenvalue weighted by molar-refractivity contribution is 0.102. The third kappa shape index (κ3) is 4.59. The molecule has 0 atom stereocenters. The van der Waals surface area contributed by atoms with Crippen LogP contribution in [0.25, 0.3) is 0 Å². The number of anilines is 1. The third-order valence-electron chi connectivity index (χ3n) is 4.25. The predicted octanol–water partition coefficient (Wildman–Crippen LogP) is 5.00. The zero-order valence-electron chi connectivity index (χ0n) is 15.9. The zero-order valence-corrected chi connectivity index (χ0v) is 15.9. The Morgan fingerprint density at radius 1 is 1.20 bits per heavy atom. The van der Waals surface area contributed by atoms with E-state index in [0.29, 0.717) is 23.6 Å². The van der Waals surface area contributed by atoms with E-state index in [2.05, 4.69) is 24.1 Å². The molecule has 0 aliphatic heterocycles. The first-order valence-corrected chi connectivity index (χ1v) is 8.98. The summed E-state index contributed by atoms with van der Waals surface area (Å²) in [6.07, 6.45) is 2.87. The van der Waals surface area contributed by atoms with Gasteiger partial charge in [0.1, 0.15) is 11.3 Å². The fourth-order valence-corrected chi connectivity index (χ4v) is 2.89. The van der Waals surface area contributed by atoms with Crippen molar-refractivity contribution < 1.29 is 9.53 Å². The summed E-state index contributed by atoms with van der Waals surface area (Å²) < 4.78 is 5.88. The number of carbonyl (C=O) groups is 1. The van der Waals surface area contributed by atoms with Gasteiger partial charge in [-0.25, -0.2) is 0 Å². The summed E-state index contributed by atoms with van der Waals surface area (Å²) in [5, 5.41) is 3.08. The van der Waals surface area contributed by atoms with E-state index in [-0.39, 0.29) is 5.91 Å². The second-order valence-electron chi connectivity index (χ2n) is 6.34. The average molecular weight is 340 g/mol. The topological polar surface area (TPSA) is 51.2 Å². The number of para-hydroxylation sites is 1. The SMILES string of the molecule is CCCCOc1cc(C)nc(C)c1C(=O)Nc1c(C)cccc1CC. The van der Waals surface area contributed by atoms with Crippen LogP contribution in [0.15, 0.2) is 24.3 Å². The highest BCUT2D eigenvalue weighted by Crippen LogP contribution is 2.26. The Morgan fingerprint density at radius 2 is 1.96 bits per heavy atom. The number of amides is 1. The summed E-state index contributed by atoms with van der Waals surface area (Å²) in [5.74, 6) is 0.447. The number of ether oxygens (including phenoxy) is 1. The number of nitrogens with zero attached hydrogens (tertiary/aromatic N) is 1. The molecule has 4 heteroatoms. The first-order valence-electron chi connectivity index (χ1n) is 8.98. The molecule has 1 amide bonds. The van der Waals surface area contributed by atoms with Crippen LogP contribution in [0.2, 0.25) is 0 Å². The van der Waals surface area contributed by atoms with E-state index in [0.717, 1.165) is 41.8 Å². The molecule has 0 aliphatic rings. The molecule has 1 aromatic carbocycles. The van der Waals surface area contributed by atoms with Crippen molar-refractivity contribution in [2.45, 2.75) is 53.9 Å². The van der Waals surface area contributed by atoms with Crippen molar-refractivity contribution in [2.24, 2.45) is 0 Å². The van der Waals surface area contributed by atoms with Crippen LogP contribution in [-0.4, -0.2) is 17.5 Å². The molecule has 0 saturated carbocycles. The minimum Gasteiger partial charge on any atom is -0.493 e. The lowest BCUT2D eigenvalue weighted by atomic mass is 10.0. The van der Waals surface area contributed by atoms with Crippen molar-refractivity contribution in [3.05, 3.63) is 52.3 Å². The fraction of sp³-hybridized carbons (Fsp3) is 0.429. The molecule has 1 aromatic heterocycles. The molecule has 4 nitrogen and oxygen atoms in total. The second-order valence-corrected chi connectivity index (χ2v) is 6.34. The summed E-state index contributed by atoms with van der Waals surface area (Å²) in [6.45, 7) is 10.6. The Bertz CT molecular complexity index is 754. The van der Waals surface area contributed by atoms with Gasteiger partial charge in [-0.2, -0.15) is 0 Å². The summed E-state index contributed by atoms with van der Waals surface area (Å²) in [5.41, 5.74) is 5.13. The van der Waals surface area contributed by atoms with Crippen molar-refractivity contribution >= 4 is 11.6 Å². The van der Waals surface area contributed by atoms with E-state index in [9.17, 15) is 4.79 Å². The van der Waals surface area contributed by atoms with Crippen LogP contribution in [0, 0.1) is 20.8 Å². The van der Waals surface area contributed by atoms with E-state index in [1.54, 1.807) is 0 Å². The number of hydrogen-bond acceptors (Lipinski definition) is 3. The zero-order chi connectivity index (χ0) is 18.4. The molecule has 25 heavy (non-hydrogen) atoms. The molecule has 0 spiro atoms. The Labute approximate surface area is 150 Å². The lowest BCUT2D eigenvalue weighted by Crippen LogP contribution is -2.18. The molecule has 1 N–H and O–H groups in total. The van der Waals surface area contributed by atoms with Gasteiger partial charge in [0.05, 0.1) is 12.3 Å². The van der Waals surface area contributed by atoms with E-state index in [1.165, 1.54) is 0 Å². The van der Waals surface area contributed by atoms with Crippen LogP contribution in [0.1, 0.15) is 59.6 Å². The van der Waals surface area contributed by atoms with Gasteiger partial charge in [0, 0.05) is 17.4 Å². The molecule has 1 heterocycles. The molecule has 0 bridgehead atoms. The molecule has 0 radical (unpaired) electrons. The number of rotatable bonds is 7. The molecule has 0 aliphatic carbocycles. The highest BCUT2D eigenvalue weighted by Gasteiger charge is 2.19. The Kier molecular flexibility index (Phi) is 6.57. The molecular weight excluding hydrogens is 312 g/mol. The van der Waals surface area contributed by atoms with Crippen LogP contribution in [0.4, 0.5) is 5.69 Å². The number of aromatic nitrogens is 1. The van der Waals surface area contributed by atoms with Crippen LogP contribution in [0.5, 0.6) is 5.75 Å². The number of carbonyl (C=O) groups excluding carboxylic acids is 1. The first-order chi connectivity index (χ1) is 12.0. The van der Waals surface area contributed by atoms with Crippen LogP contribution in [0.3, 0.4) is 0 Å². The molecule has 2 aromatic rings. The van der Waals surface area contributed by atoms with Gasteiger partial charge in [-0.05, 0) is 44.7 Å². The minimum absolute atomic E-state index is 0.166. The van der Waals surface area contributed by atoms with E-state index >= 15 is 0 Å². The predicted molar refractivity (Wildman–Crippen MR) is 103 cm³/mol. The maximum Gasteiger partial charge on any atom is 0.261 e. The summed E-state index contributed by atoms with van der Waals surface area (Å²) in [7, 11) is 0. The van der Waals surface area contributed by atoms with E-state index in [1.807, 2.05) is 45.0 Å². The Hall–Kier alpha value is -2.36. The summed E-state index contributed by atoms with van der Waals surface area (Å²) >= 11 is 0.